The number of ether oxygens (including phenoxy) is 2. The number of phosphoric ester groups is 1. The minimum atomic E-state index is -4.65. The highest BCUT2D eigenvalue weighted by Gasteiger charge is 2.21. The van der Waals surface area contributed by atoms with E-state index in [0.29, 0.717) is 30.3 Å². The number of allylic oxidation sites excluding steroid dienone is 10. The Hall–Kier alpha value is -2.59. The Labute approximate surface area is 366 Å². The highest BCUT2D eigenvalue weighted by Crippen LogP contribution is 2.38. The third-order valence-electron chi connectivity index (χ3n) is 9.54. The smallest absolute Gasteiger partial charge is 0.306 e. The molecule has 0 fully saturated rings. The maximum absolute atomic E-state index is 12.7. The summed E-state index contributed by atoms with van der Waals surface area (Å²) in [5.74, 6) is -0.908. The molecule has 0 aromatic rings. The Morgan fingerprint density at radius 3 is 1.75 bits per heavy atom. The topological polar surface area (TPSA) is 131 Å². The fourth-order valence-corrected chi connectivity index (χ4v) is 6.60. The number of carbonyl (C=O) groups excluding carboxylic acids is 2. The van der Waals surface area contributed by atoms with Crippen LogP contribution in [0.2, 0.25) is 0 Å². The Bertz CT molecular complexity index is 1270. The standard InChI is InChI=1S/C49H86NO9P/c1-6-8-10-11-12-13-14-15-16-17-18-19-20-21-22-23-26-30-33-37-41-49(53)59-47(45-58-60(54,55)57-43-42-50(3,4)5)44-56-48(52)40-36-32-29-27-24-25-28-31-35-39-46(51)38-34-9-7-2/h9,13-14,16-17,19-20,28,31,34-35,39,46-47,51H,6-8,10-12,15,18,21-27,29-30,32-33,36-38,40-45H2,1-5H3/b14-13-,17-16-,20-19-,31-28+,34-9+,39-35+/t46?,47-/m1/s1. The molecule has 11 heteroatoms. The van der Waals surface area contributed by atoms with E-state index in [1.54, 1.807) is 6.08 Å². The van der Waals surface area contributed by atoms with E-state index in [2.05, 4.69) is 56.4 Å². The van der Waals surface area contributed by atoms with Gasteiger partial charge in [-0.25, -0.2) is 0 Å². The molecule has 3 atom stereocenters. The molecule has 0 bridgehead atoms. The van der Waals surface area contributed by atoms with E-state index in [0.717, 1.165) is 89.9 Å². The number of nitrogens with zero attached hydrogens (tertiary/aromatic N) is 1. The number of likely N-dealkylation sites (N-methyl/N-ethyl adjacent to an activating group) is 1. The second-order valence-electron chi connectivity index (χ2n) is 16.6. The average molecular weight is 864 g/mol. The van der Waals surface area contributed by atoms with Gasteiger partial charge in [0.1, 0.15) is 19.8 Å². The van der Waals surface area contributed by atoms with Crippen molar-refractivity contribution in [1.82, 2.24) is 0 Å². The van der Waals surface area contributed by atoms with Crippen LogP contribution in [0.3, 0.4) is 0 Å². The lowest BCUT2D eigenvalue weighted by Crippen LogP contribution is -2.37. The van der Waals surface area contributed by atoms with Gasteiger partial charge in [0.15, 0.2) is 6.10 Å². The number of phosphoric acid groups is 1. The molecular weight excluding hydrogens is 778 g/mol. The summed E-state index contributed by atoms with van der Waals surface area (Å²) < 4.78 is 33.9. The van der Waals surface area contributed by atoms with Gasteiger partial charge in [-0.15, -0.1) is 0 Å². The second kappa shape index (κ2) is 40.5. The largest absolute Gasteiger partial charge is 0.756 e. The molecule has 60 heavy (non-hydrogen) atoms. The van der Waals surface area contributed by atoms with Crippen molar-refractivity contribution in [2.45, 2.75) is 180 Å². The number of unbranched alkanes of at least 4 members (excludes halogenated alkanes) is 15. The SMILES string of the molecule is CC/C=C/CC(O)/C=C/C=C/CCCCCCCC(=O)OC[C@H](COP(=O)([O-])OCC[N+](C)(C)C)OC(=O)CCCCCCCC/C=C\C/C=C\C/C=C\CCCCCC. The number of hydrogen-bond acceptors (Lipinski definition) is 9. The molecule has 2 unspecified atom stereocenters. The van der Waals surface area contributed by atoms with Crippen LogP contribution in [0.1, 0.15) is 168 Å². The first kappa shape index (κ1) is 57.4. The maximum Gasteiger partial charge on any atom is 0.306 e. The molecule has 0 amide bonds. The van der Waals surface area contributed by atoms with Crippen molar-refractivity contribution in [3.63, 3.8) is 0 Å². The lowest BCUT2D eigenvalue weighted by Gasteiger charge is -2.28. The molecule has 0 aromatic carbocycles. The predicted octanol–water partition coefficient (Wildman–Crippen LogP) is 11.7. The Balaban J connectivity index is 4.42. The van der Waals surface area contributed by atoms with Crippen LogP contribution in [-0.4, -0.2) is 81.2 Å². The van der Waals surface area contributed by atoms with Crippen molar-refractivity contribution in [3.8, 4) is 0 Å². The van der Waals surface area contributed by atoms with Crippen molar-refractivity contribution < 1.29 is 47.2 Å². The number of aliphatic hydroxyl groups is 1. The third-order valence-corrected chi connectivity index (χ3v) is 10.5. The maximum atomic E-state index is 12.7. The molecule has 0 spiro atoms. The minimum absolute atomic E-state index is 0.0495. The molecule has 0 aliphatic heterocycles. The number of hydrogen-bond donors (Lipinski definition) is 1. The highest BCUT2D eigenvalue weighted by atomic mass is 31.2. The van der Waals surface area contributed by atoms with Gasteiger partial charge in [0.05, 0.1) is 33.9 Å². The highest BCUT2D eigenvalue weighted by molar-refractivity contribution is 7.45. The van der Waals surface area contributed by atoms with Crippen LogP contribution in [0, 0.1) is 0 Å². The number of aliphatic hydroxyl groups excluding tert-OH is 1. The first-order valence-corrected chi connectivity index (χ1v) is 24.7. The van der Waals surface area contributed by atoms with Gasteiger partial charge < -0.3 is 33.0 Å². The van der Waals surface area contributed by atoms with Crippen LogP contribution < -0.4 is 4.89 Å². The lowest BCUT2D eigenvalue weighted by molar-refractivity contribution is -0.870. The van der Waals surface area contributed by atoms with E-state index in [9.17, 15) is 24.2 Å². The number of quaternary nitrogens is 1. The van der Waals surface area contributed by atoms with E-state index in [1.165, 1.54) is 32.1 Å². The summed E-state index contributed by atoms with van der Waals surface area (Å²) in [4.78, 5) is 37.6. The molecule has 0 rings (SSSR count). The van der Waals surface area contributed by atoms with E-state index in [1.807, 2.05) is 45.4 Å². The second-order valence-corrected chi connectivity index (χ2v) is 18.0. The van der Waals surface area contributed by atoms with Crippen LogP contribution >= 0.6 is 7.82 Å². The summed E-state index contributed by atoms with van der Waals surface area (Å²) in [6.45, 7) is 3.93. The van der Waals surface area contributed by atoms with Crippen molar-refractivity contribution >= 4 is 19.8 Å². The lowest BCUT2D eigenvalue weighted by atomic mass is 10.1. The third kappa shape index (κ3) is 43.5. The summed E-state index contributed by atoms with van der Waals surface area (Å²) in [7, 11) is 1.10. The van der Waals surface area contributed by atoms with Crippen LogP contribution in [0.4, 0.5) is 0 Å². The molecule has 0 saturated heterocycles. The van der Waals surface area contributed by atoms with Gasteiger partial charge in [0.25, 0.3) is 7.82 Å². The van der Waals surface area contributed by atoms with E-state index < -0.39 is 38.6 Å². The molecule has 1 N–H and O–H groups in total. The molecule has 0 radical (unpaired) electrons. The van der Waals surface area contributed by atoms with Gasteiger partial charge >= 0.3 is 11.9 Å². The predicted molar refractivity (Wildman–Crippen MR) is 246 cm³/mol. The molecule has 0 saturated carbocycles. The zero-order valence-corrected chi connectivity index (χ0v) is 39.4. The first-order chi connectivity index (χ1) is 28.9. The van der Waals surface area contributed by atoms with E-state index >= 15 is 0 Å². The van der Waals surface area contributed by atoms with Gasteiger partial charge in [-0.1, -0.05) is 151 Å². The molecule has 346 valence electrons. The van der Waals surface area contributed by atoms with Gasteiger partial charge in [-0.05, 0) is 77.0 Å². The first-order valence-electron chi connectivity index (χ1n) is 23.3. The Kier molecular flexibility index (Phi) is 38.7. The number of esters is 2. The molecule has 0 aromatic heterocycles. The molecular formula is C49H86NO9P. The van der Waals surface area contributed by atoms with Crippen molar-refractivity contribution in [1.29, 1.82) is 0 Å². The average Bonchev–Trinajstić information content (AvgIpc) is 3.19. The fourth-order valence-electron chi connectivity index (χ4n) is 5.87. The van der Waals surface area contributed by atoms with Gasteiger partial charge in [-0.3, -0.25) is 14.2 Å². The summed E-state index contributed by atoms with van der Waals surface area (Å²) in [6, 6.07) is 0. The summed E-state index contributed by atoms with van der Waals surface area (Å²) in [5, 5.41) is 9.89. The normalized spacial score (nSPS) is 14.7. The summed E-state index contributed by atoms with van der Waals surface area (Å²) in [5.41, 5.74) is 0. The van der Waals surface area contributed by atoms with Crippen LogP contribution in [-0.2, 0) is 32.7 Å². The monoisotopic (exact) mass is 864 g/mol. The Morgan fingerprint density at radius 2 is 1.17 bits per heavy atom. The Morgan fingerprint density at radius 1 is 0.633 bits per heavy atom. The van der Waals surface area contributed by atoms with Crippen molar-refractivity contribution in [2.75, 3.05) is 47.5 Å². The molecule has 0 heterocycles. The van der Waals surface area contributed by atoms with Crippen LogP contribution in [0.15, 0.2) is 72.9 Å². The number of rotatable bonds is 41. The van der Waals surface area contributed by atoms with Crippen molar-refractivity contribution in [3.05, 3.63) is 72.9 Å². The van der Waals surface area contributed by atoms with Crippen molar-refractivity contribution in [2.24, 2.45) is 0 Å². The zero-order chi connectivity index (χ0) is 44.4. The molecule has 0 aliphatic rings. The van der Waals surface area contributed by atoms with E-state index in [-0.39, 0.29) is 26.1 Å². The minimum Gasteiger partial charge on any atom is -0.756 e. The fraction of sp³-hybridized carbons (Fsp3) is 0.714. The van der Waals surface area contributed by atoms with Crippen LogP contribution in [0.5, 0.6) is 0 Å². The zero-order valence-electron chi connectivity index (χ0n) is 38.5. The summed E-state index contributed by atoms with van der Waals surface area (Å²) >= 11 is 0. The van der Waals surface area contributed by atoms with Gasteiger partial charge in [-0.2, -0.15) is 0 Å². The van der Waals surface area contributed by atoms with Crippen LogP contribution in [0.25, 0.3) is 0 Å². The van der Waals surface area contributed by atoms with Gasteiger partial charge in [0, 0.05) is 12.8 Å². The van der Waals surface area contributed by atoms with E-state index in [4.69, 9.17) is 18.5 Å². The molecule has 0 aliphatic carbocycles. The summed E-state index contributed by atoms with van der Waals surface area (Å²) in [6.07, 6.45) is 46.8. The quantitative estimate of drug-likeness (QED) is 0.0159. The van der Waals surface area contributed by atoms with Gasteiger partial charge in [0.2, 0.25) is 0 Å². The number of carbonyl (C=O) groups is 2. The molecule has 10 nitrogen and oxygen atoms in total.